The highest BCUT2D eigenvalue weighted by molar-refractivity contribution is 7.92. The van der Waals surface area contributed by atoms with Crippen LogP contribution in [0.1, 0.15) is 64.9 Å². The van der Waals surface area contributed by atoms with Gasteiger partial charge in [-0.2, -0.15) is 0 Å². The molecule has 148 valence electrons. The zero-order valence-electron chi connectivity index (χ0n) is 16.8. The zero-order valence-corrected chi connectivity index (χ0v) is 17.6. The summed E-state index contributed by atoms with van der Waals surface area (Å²) in [6, 6.07) is 7.35. The lowest BCUT2D eigenvalue weighted by molar-refractivity contribution is -0.119. The Morgan fingerprint density at radius 3 is 2.23 bits per heavy atom. The zero-order chi connectivity index (χ0) is 19.7. The van der Waals surface area contributed by atoms with Crippen molar-refractivity contribution in [2.75, 3.05) is 23.7 Å². The normalized spacial score (nSPS) is 12.8. The summed E-state index contributed by atoms with van der Waals surface area (Å²) in [6.07, 6.45) is 5.50. The van der Waals surface area contributed by atoms with Crippen LogP contribution in [-0.2, 0) is 14.8 Å². The summed E-state index contributed by atoms with van der Waals surface area (Å²) in [5.41, 5.74) is 1.65. The predicted molar refractivity (Wildman–Crippen MR) is 109 cm³/mol. The van der Waals surface area contributed by atoms with Gasteiger partial charge in [-0.05, 0) is 36.0 Å². The second-order valence-corrected chi connectivity index (χ2v) is 9.14. The molecular weight excluding hydrogens is 348 g/mol. The van der Waals surface area contributed by atoms with Gasteiger partial charge in [0, 0.05) is 6.54 Å². The molecule has 1 rings (SSSR count). The van der Waals surface area contributed by atoms with Crippen LogP contribution < -0.4 is 9.62 Å². The Morgan fingerprint density at radius 2 is 1.77 bits per heavy atom. The van der Waals surface area contributed by atoms with Crippen LogP contribution in [0.25, 0.3) is 0 Å². The largest absolute Gasteiger partial charge is 0.354 e. The van der Waals surface area contributed by atoms with Gasteiger partial charge in [0.2, 0.25) is 15.9 Å². The molecule has 0 unspecified atom stereocenters. The van der Waals surface area contributed by atoms with Gasteiger partial charge in [-0.3, -0.25) is 9.10 Å². The summed E-state index contributed by atoms with van der Waals surface area (Å²) in [5.74, 6) is 0.544. The van der Waals surface area contributed by atoms with Gasteiger partial charge < -0.3 is 5.32 Å². The van der Waals surface area contributed by atoms with E-state index in [0.29, 0.717) is 24.1 Å². The summed E-state index contributed by atoms with van der Waals surface area (Å²) < 4.78 is 25.5. The predicted octanol–water partition coefficient (Wildman–Crippen LogP) is 3.91. The van der Waals surface area contributed by atoms with E-state index in [9.17, 15) is 13.2 Å². The molecule has 1 aromatic rings. The van der Waals surface area contributed by atoms with Crippen LogP contribution in [0.15, 0.2) is 24.3 Å². The molecule has 0 spiro atoms. The Kier molecular flexibility index (Phi) is 9.13. The number of benzene rings is 1. The molecule has 0 aliphatic rings. The van der Waals surface area contributed by atoms with Gasteiger partial charge in [0.05, 0.1) is 11.9 Å². The molecule has 6 heteroatoms. The standard InChI is InChI=1S/C20H34N2O3S/c1-6-8-9-17(7-2)14-21-20(23)15-22(26(5,24)25)19-12-10-18(11-13-19)16(3)4/h10-13,16-17H,6-9,14-15H2,1-5H3,(H,21,23)/t17-/m0/s1. The number of hydrogen-bond acceptors (Lipinski definition) is 3. The fourth-order valence-electron chi connectivity index (χ4n) is 2.81. The van der Waals surface area contributed by atoms with Crippen molar-refractivity contribution < 1.29 is 13.2 Å². The molecule has 1 N–H and O–H groups in total. The summed E-state index contributed by atoms with van der Waals surface area (Å²) in [4.78, 5) is 12.3. The van der Waals surface area contributed by atoms with Crippen LogP contribution in [0.4, 0.5) is 5.69 Å². The number of carbonyl (C=O) groups excluding carboxylic acids is 1. The van der Waals surface area contributed by atoms with E-state index in [1.54, 1.807) is 12.1 Å². The average molecular weight is 383 g/mol. The van der Waals surface area contributed by atoms with Crippen molar-refractivity contribution in [1.82, 2.24) is 5.32 Å². The number of rotatable bonds is 11. The first-order chi connectivity index (χ1) is 12.2. The van der Waals surface area contributed by atoms with Gasteiger partial charge in [-0.15, -0.1) is 0 Å². The first kappa shape index (κ1) is 22.5. The molecule has 5 nitrogen and oxygen atoms in total. The summed E-state index contributed by atoms with van der Waals surface area (Å²) in [5, 5.41) is 2.90. The third kappa shape index (κ3) is 7.36. The highest BCUT2D eigenvalue weighted by Gasteiger charge is 2.21. The minimum atomic E-state index is -3.53. The highest BCUT2D eigenvalue weighted by atomic mass is 32.2. The molecular formula is C20H34N2O3S. The first-order valence-corrected chi connectivity index (χ1v) is 11.4. The summed E-state index contributed by atoms with van der Waals surface area (Å²) in [6.45, 7) is 8.84. The Balaban J connectivity index is 2.77. The number of nitrogens with zero attached hydrogens (tertiary/aromatic N) is 1. The highest BCUT2D eigenvalue weighted by Crippen LogP contribution is 2.22. The lowest BCUT2D eigenvalue weighted by Crippen LogP contribution is -2.41. The van der Waals surface area contributed by atoms with E-state index in [0.717, 1.165) is 37.5 Å². The maximum absolute atomic E-state index is 12.3. The van der Waals surface area contributed by atoms with Crippen LogP contribution in [0, 0.1) is 5.92 Å². The van der Waals surface area contributed by atoms with Crippen molar-refractivity contribution in [3.05, 3.63) is 29.8 Å². The van der Waals surface area contributed by atoms with Gasteiger partial charge in [-0.1, -0.05) is 59.1 Å². The van der Waals surface area contributed by atoms with E-state index < -0.39 is 10.0 Å². The number of amides is 1. The monoisotopic (exact) mass is 382 g/mol. The molecule has 0 heterocycles. The van der Waals surface area contributed by atoms with Crippen molar-refractivity contribution in [2.45, 2.75) is 59.3 Å². The first-order valence-electron chi connectivity index (χ1n) is 9.53. The van der Waals surface area contributed by atoms with Crippen molar-refractivity contribution in [1.29, 1.82) is 0 Å². The van der Waals surface area contributed by atoms with Crippen molar-refractivity contribution >= 4 is 21.6 Å². The van der Waals surface area contributed by atoms with E-state index in [1.165, 1.54) is 4.31 Å². The molecule has 0 aliphatic heterocycles. The third-order valence-corrected chi connectivity index (χ3v) is 5.81. The number of hydrogen-bond donors (Lipinski definition) is 1. The van der Waals surface area contributed by atoms with E-state index in [4.69, 9.17) is 0 Å². The summed E-state index contributed by atoms with van der Waals surface area (Å²) in [7, 11) is -3.53. The lowest BCUT2D eigenvalue weighted by Gasteiger charge is -2.23. The Bertz CT molecular complexity index is 654. The molecule has 1 aromatic carbocycles. The smallest absolute Gasteiger partial charge is 0.240 e. The molecule has 1 atom stereocenters. The maximum Gasteiger partial charge on any atom is 0.240 e. The van der Waals surface area contributed by atoms with Crippen molar-refractivity contribution in [3.63, 3.8) is 0 Å². The molecule has 0 saturated heterocycles. The molecule has 26 heavy (non-hydrogen) atoms. The van der Waals surface area contributed by atoms with Crippen LogP contribution in [-0.4, -0.2) is 33.7 Å². The third-order valence-electron chi connectivity index (χ3n) is 4.67. The van der Waals surface area contributed by atoms with Gasteiger partial charge in [0.25, 0.3) is 0 Å². The van der Waals surface area contributed by atoms with Gasteiger partial charge in [0.1, 0.15) is 6.54 Å². The van der Waals surface area contributed by atoms with Crippen LogP contribution in [0.5, 0.6) is 0 Å². The fourth-order valence-corrected chi connectivity index (χ4v) is 3.67. The van der Waals surface area contributed by atoms with Gasteiger partial charge in [-0.25, -0.2) is 8.42 Å². The van der Waals surface area contributed by atoms with Gasteiger partial charge in [0.15, 0.2) is 0 Å². The second kappa shape index (κ2) is 10.6. The number of carbonyl (C=O) groups is 1. The molecule has 0 fully saturated rings. The molecule has 0 aliphatic carbocycles. The topological polar surface area (TPSA) is 66.5 Å². The number of sulfonamides is 1. The number of anilines is 1. The van der Waals surface area contributed by atoms with E-state index in [-0.39, 0.29) is 12.5 Å². The molecule has 0 radical (unpaired) electrons. The minimum Gasteiger partial charge on any atom is -0.354 e. The number of nitrogens with one attached hydrogen (secondary N) is 1. The molecule has 0 bridgehead atoms. The van der Waals surface area contributed by atoms with Crippen LogP contribution in [0.3, 0.4) is 0 Å². The quantitative estimate of drug-likeness (QED) is 0.631. The van der Waals surface area contributed by atoms with E-state index in [2.05, 4.69) is 33.0 Å². The van der Waals surface area contributed by atoms with E-state index in [1.807, 2.05) is 12.1 Å². The Morgan fingerprint density at radius 1 is 1.15 bits per heavy atom. The van der Waals surface area contributed by atoms with E-state index >= 15 is 0 Å². The minimum absolute atomic E-state index is 0.190. The molecule has 0 saturated carbocycles. The Hall–Kier alpha value is -1.56. The second-order valence-electron chi connectivity index (χ2n) is 7.24. The number of unbranched alkanes of at least 4 members (excludes halogenated alkanes) is 1. The van der Waals surface area contributed by atoms with Crippen LogP contribution in [0.2, 0.25) is 0 Å². The molecule has 1 amide bonds. The average Bonchev–Trinajstić information content (AvgIpc) is 2.59. The van der Waals surface area contributed by atoms with Crippen molar-refractivity contribution in [2.24, 2.45) is 5.92 Å². The Labute approximate surface area is 159 Å². The SMILES string of the molecule is CCCC[C@H](CC)CNC(=O)CN(c1ccc(C(C)C)cc1)S(C)(=O)=O. The summed E-state index contributed by atoms with van der Waals surface area (Å²) >= 11 is 0. The lowest BCUT2D eigenvalue weighted by atomic mass is 9.99. The molecule has 0 aromatic heterocycles. The van der Waals surface area contributed by atoms with Crippen LogP contribution >= 0.6 is 0 Å². The fraction of sp³-hybridized carbons (Fsp3) is 0.650. The maximum atomic E-state index is 12.3. The van der Waals surface area contributed by atoms with Gasteiger partial charge >= 0.3 is 0 Å². The van der Waals surface area contributed by atoms with Crippen molar-refractivity contribution in [3.8, 4) is 0 Å².